The standard InChI is InChI=1S/C12H14O2S/c1-8-4-3-5-9(2)12(8)15-10-6-11(13)14-7-10/h3-5,10H,6-7H2,1-2H3/t10-/m1/s1. The average molecular weight is 222 g/mol. The number of hydrogen-bond donors (Lipinski definition) is 0. The molecule has 0 spiro atoms. The van der Waals surface area contributed by atoms with Crippen molar-refractivity contribution in [3.63, 3.8) is 0 Å². The molecular formula is C12H14O2S. The molecule has 0 saturated carbocycles. The van der Waals surface area contributed by atoms with Gasteiger partial charge in [-0.25, -0.2) is 0 Å². The van der Waals surface area contributed by atoms with Crippen LogP contribution in [-0.4, -0.2) is 17.8 Å². The Morgan fingerprint density at radius 2 is 2.00 bits per heavy atom. The van der Waals surface area contributed by atoms with Gasteiger partial charge in [0.1, 0.15) is 6.61 Å². The fraction of sp³-hybridized carbons (Fsp3) is 0.417. The second-order valence-corrected chi connectivity index (χ2v) is 5.16. The minimum absolute atomic E-state index is 0.0706. The second kappa shape index (κ2) is 4.27. The lowest BCUT2D eigenvalue weighted by molar-refractivity contribution is -0.137. The first-order valence-corrected chi connectivity index (χ1v) is 5.93. The van der Waals surface area contributed by atoms with Crippen LogP contribution in [0.25, 0.3) is 0 Å². The highest BCUT2D eigenvalue weighted by Gasteiger charge is 2.25. The quantitative estimate of drug-likeness (QED) is 0.720. The van der Waals surface area contributed by atoms with E-state index in [1.54, 1.807) is 11.8 Å². The maximum absolute atomic E-state index is 11.0. The van der Waals surface area contributed by atoms with Crippen molar-refractivity contribution >= 4 is 17.7 Å². The largest absolute Gasteiger partial charge is 0.464 e. The third kappa shape index (κ3) is 2.34. The van der Waals surface area contributed by atoms with E-state index in [0.29, 0.717) is 13.0 Å². The molecule has 0 aromatic heterocycles. The van der Waals surface area contributed by atoms with Crippen molar-refractivity contribution in [1.82, 2.24) is 0 Å². The van der Waals surface area contributed by atoms with Crippen LogP contribution >= 0.6 is 11.8 Å². The van der Waals surface area contributed by atoms with Crippen molar-refractivity contribution in [2.24, 2.45) is 0 Å². The summed E-state index contributed by atoms with van der Waals surface area (Å²) in [6.45, 7) is 4.76. The Bertz CT molecular complexity index is 367. The number of aryl methyl sites for hydroxylation is 2. The van der Waals surface area contributed by atoms with Gasteiger partial charge in [-0.15, -0.1) is 11.8 Å². The summed E-state index contributed by atoms with van der Waals surface area (Å²) in [5.74, 6) is -0.0706. The Hall–Kier alpha value is -0.960. The molecule has 0 N–H and O–H groups in total. The predicted octanol–water partition coefficient (Wildman–Crippen LogP) is 2.71. The highest BCUT2D eigenvalue weighted by Crippen LogP contribution is 2.33. The van der Waals surface area contributed by atoms with Crippen LogP contribution in [0.15, 0.2) is 23.1 Å². The molecule has 2 rings (SSSR count). The summed E-state index contributed by atoms with van der Waals surface area (Å²) < 4.78 is 4.96. The molecule has 1 aromatic rings. The van der Waals surface area contributed by atoms with Crippen LogP contribution in [0, 0.1) is 13.8 Å². The van der Waals surface area contributed by atoms with Gasteiger partial charge < -0.3 is 4.74 Å². The van der Waals surface area contributed by atoms with Gasteiger partial charge in [-0.05, 0) is 25.0 Å². The van der Waals surface area contributed by atoms with Crippen molar-refractivity contribution in [2.45, 2.75) is 30.4 Å². The molecule has 3 heteroatoms. The molecular weight excluding hydrogens is 208 g/mol. The fourth-order valence-electron chi connectivity index (χ4n) is 1.72. The summed E-state index contributed by atoms with van der Waals surface area (Å²) in [6.07, 6.45) is 0.540. The lowest BCUT2D eigenvalue weighted by atomic mass is 10.2. The highest BCUT2D eigenvalue weighted by atomic mass is 32.2. The average Bonchev–Trinajstić information content (AvgIpc) is 2.58. The number of benzene rings is 1. The van der Waals surface area contributed by atoms with Gasteiger partial charge in [0.2, 0.25) is 0 Å². The lowest BCUT2D eigenvalue weighted by Gasteiger charge is -2.11. The number of carbonyl (C=O) groups excluding carboxylic acids is 1. The smallest absolute Gasteiger partial charge is 0.307 e. The van der Waals surface area contributed by atoms with E-state index in [9.17, 15) is 4.79 Å². The van der Waals surface area contributed by atoms with Crippen LogP contribution < -0.4 is 0 Å². The van der Waals surface area contributed by atoms with E-state index < -0.39 is 0 Å². The second-order valence-electron chi connectivity index (χ2n) is 3.85. The molecule has 0 unspecified atom stereocenters. The number of ether oxygens (including phenoxy) is 1. The molecule has 15 heavy (non-hydrogen) atoms. The van der Waals surface area contributed by atoms with E-state index in [0.717, 1.165) is 0 Å². The molecule has 1 aromatic carbocycles. The number of hydrogen-bond acceptors (Lipinski definition) is 3. The predicted molar refractivity (Wildman–Crippen MR) is 61.1 cm³/mol. The zero-order chi connectivity index (χ0) is 10.8. The molecule has 0 bridgehead atoms. The van der Waals surface area contributed by atoms with E-state index in [1.165, 1.54) is 16.0 Å². The topological polar surface area (TPSA) is 26.3 Å². The number of esters is 1. The van der Waals surface area contributed by atoms with Crippen LogP contribution in [0.2, 0.25) is 0 Å². The van der Waals surface area contributed by atoms with Crippen molar-refractivity contribution in [2.75, 3.05) is 6.61 Å². The van der Waals surface area contributed by atoms with E-state index in [1.807, 2.05) is 0 Å². The summed E-state index contributed by atoms with van der Waals surface area (Å²) in [5, 5.41) is 0.289. The van der Waals surface area contributed by atoms with Crippen LogP contribution in [0.1, 0.15) is 17.5 Å². The zero-order valence-electron chi connectivity index (χ0n) is 8.95. The lowest BCUT2D eigenvalue weighted by Crippen LogP contribution is -2.01. The molecule has 1 fully saturated rings. The third-order valence-corrected chi connectivity index (χ3v) is 4.03. The van der Waals surface area contributed by atoms with E-state index in [2.05, 4.69) is 32.0 Å². The zero-order valence-corrected chi connectivity index (χ0v) is 9.76. The number of carbonyl (C=O) groups is 1. The molecule has 0 aliphatic carbocycles. The minimum Gasteiger partial charge on any atom is -0.464 e. The molecule has 0 amide bonds. The van der Waals surface area contributed by atoms with E-state index >= 15 is 0 Å². The third-order valence-electron chi connectivity index (χ3n) is 2.52. The summed E-state index contributed by atoms with van der Waals surface area (Å²) in [6, 6.07) is 6.27. The van der Waals surface area contributed by atoms with Crippen molar-refractivity contribution in [3.8, 4) is 0 Å². The maximum Gasteiger partial charge on any atom is 0.307 e. The van der Waals surface area contributed by atoms with Crippen LogP contribution in [0.3, 0.4) is 0 Å². The van der Waals surface area contributed by atoms with Crippen molar-refractivity contribution < 1.29 is 9.53 Å². The molecule has 1 atom stereocenters. The van der Waals surface area contributed by atoms with Gasteiger partial charge in [-0.2, -0.15) is 0 Å². The van der Waals surface area contributed by atoms with Gasteiger partial charge in [-0.1, -0.05) is 18.2 Å². The number of cyclic esters (lactones) is 1. The van der Waals surface area contributed by atoms with Gasteiger partial charge in [-0.3, -0.25) is 4.79 Å². The first kappa shape index (κ1) is 10.6. The summed E-state index contributed by atoms with van der Waals surface area (Å²) in [4.78, 5) is 12.3. The van der Waals surface area contributed by atoms with Crippen LogP contribution in [0.4, 0.5) is 0 Å². The van der Waals surface area contributed by atoms with Crippen LogP contribution in [-0.2, 0) is 9.53 Å². The van der Waals surface area contributed by atoms with Gasteiger partial charge in [0.15, 0.2) is 0 Å². The maximum atomic E-state index is 11.0. The fourth-order valence-corrected chi connectivity index (χ4v) is 2.91. The molecule has 1 aliphatic heterocycles. The normalized spacial score (nSPS) is 20.4. The first-order valence-electron chi connectivity index (χ1n) is 5.05. The number of thioether (sulfide) groups is 1. The molecule has 1 aliphatic rings. The summed E-state index contributed by atoms with van der Waals surface area (Å²) in [7, 11) is 0. The van der Waals surface area contributed by atoms with Gasteiger partial charge in [0.25, 0.3) is 0 Å². The Kier molecular flexibility index (Phi) is 3.00. The van der Waals surface area contributed by atoms with Gasteiger partial charge >= 0.3 is 5.97 Å². The van der Waals surface area contributed by atoms with Gasteiger partial charge in [0, 0.05) is 4.90 Å². The number of rotatable bonds is 2. The Labute approximate surface area is 94.0 Å². The molecule has 1 heterocycles. The molecule has 80 valence electrons. The first-order chi connectivity index (χ1) is 7.16. The Morgan fingerprint density at radius 1 is 1.33 bits per heavy atom. The monoisotopic (exact) mass is 222 g/mol. The molecule has 2 nitrogen and oxygen atoms in total. The molecule has 0 radical (unpaired) electrons. The Balaban J connectivity index is 2.13. The van der Waals surface area contributed by atoms with Crippen molar-refractivity contribution in [3.05, 3.63) is 29.3 Å². The summed E-state index contributed by atoms with van der Waals surface area (Å²) >= 11 is 1.76. The van der Waals surface area contributed by atoms with Crippen molar-refractivity contribution in [1.29, 1.82) is 0 Å². The SMILES string of the molecule is Cc1cccc(C)c1S[C@H]1COC(=O)C1. The van der Waals surface area contributed by atoms with E-state index in [4.69, 9.17) is 4.74 Å². The highest BCUT2D eigenvalue weighted by molar-refractivity contribution is 8.00. The van der Waals surface area contributed by atoms with E-state index in [-0.39, 0.29) is 11.2 Å². The summed E-state index contributed by atoms with van der Waals surface area (Å²) in [5.41, 5.74) is 2.55. The molecule has 1 saturated heterocycles. The Morgan fingerprint density at radius 3 is 2.53 bits per heavy atom. The van der Waals surface area contributed by atoms with Crippen LogP contribution in [0.5, 0.6) is 0 Å². The minimum atomic E-state index is -0.0706. The van der Waals surface area contributed by atoms with Gasteiger partial charge in [0.05, 0.1) is 11.7 Å².